The molecule has 2 N–H and O–H groups in total. The zero-order chi connectivity index (χ0) is 16.9. The highest BCUT2D eigenvalue weighted by Crippen LogP contribution is 2.27. The van der Waals surface area contributed by atoms with Crippen molar-refractivity contribution in [2.24, 2.45) is 5.41 Å². The summed E-state index contributed by atoms with van der Waals surface area (Å²) in [7, 11) is 0. The van der Waals surface area contributed by atoms with Crippen LogP contribution in [-0.2, 0) is 9.59 Å². The minimum Gasteiger partial charge on any atom is -0.492 e. The molecule has 1 saturated carbocycles. The van der Waals surface area contributed by atoms with Crippen LogP contribution in [0, 0.1) is 5.41 Å². The maximum absolute atomic E-state index is 12.6. The SMILES string of the molecule is CCOc1ccccc1NC(=O)C(C)(C)C(=O)NC1CCCC1. The molecule has 5 nitrogen and oxygen atoms in total. The summed E-state index contributed by atoms with van der Waals surface area (Å²) in [6.07, 6.45) is 4.27. The fourth-order valence-electron chi connectivity index (χ4n) is 2.67. The number of para-hydroxylation sites is 2. The molecule has 1 aliphatic rings. The van der Waals surface area contributed by atoms with Crippen LogP contribution in [0.15, 0.2) is 24.3 Å². The van der Waals surface area contributed by atoms with Crippen LogP contribution in [-0.4, -0.2) is 24.5 Å². The summed E-state index contributed by atoms with van der Waals surface area (Å²) in [4.78, 5) is 25.0. The van der Waals surface area contributed by atoms with Crippen LogP contribution in [0.5, 0.6) is 5.75 Å². The lowest BCUT2D eigenvalue weighted by Crippen LogP contribution is -2.48. The predicted molar refractivity (Wildman–Crippen MR) is 90.4 cm³/mol. The summed E-state index contributed by atoms with van der Waals surface area (Å²) >= 11 is 0. The topological polar surface area (TPSA) is 67.4 Å². The van der Waals surface area contributed by atoms with Gasteiger partial charge in [0, 0.05) is 6.04 Å². The summed E-state index contributed by atoms with van der Waals surface area (Å²) < 4.78 is 5.50. The molecule has 1 aromatic carbocycles. The molecule has 0 heterocycles. The van der Waals surface area contributed by atoms with Crippen molar-refractivity contribution in [1.82, 2.24) is 5.32 Å². The molecule has 0 unspecified atom stereocenters. The first-order valence-electron chi connectivity index (χ1n) is 8.29. The second kappa shape index (κ2) is 7.49. The molecule has 0 saturated heterocycles. The molecule has 0 atom stereocenters. The van der Waals surface area contributed by atoms with E-state index < -0.39 is 5.41 Å². The standard InChI is InChI=1S/C18H26N2O3/c1-4-23-15-12-8-7-11-14(15)20-17(22)18(2,3)16(21)19-13-9-5-6-10-13/h7-8,11-13H,4-6,9-10H2,1-3H3,(H,19,21)(H,20,22). The van der Waals surface area contributed by atoms with Crippen molar-refractivity contribution >= 4 is 17.5 Å². The molecule has 0 spiro atoms. The normalized spacial score (nSPS) is 15.3. The Kier molecular flexibility index (Phi) is 5.64. The summed E-state index contributed by atoms with van der Waals surface area (Å²) in [5.74, 6) is 0.0475. The summed E-state index contributed by atoms with van der Waals surface area (Å²) in [6, 6.07) is 7.44. The third-order valence-electron chi connectivity index (χ3n) is 4.26. The molecular weight excluding hydrogens is 292 g/mol. The Hall–Kier alpha value is -2.04. The maximum atomic E-state index is 12.6. The third-order valence-corrected chi connectivity index (χ3v) is 4.26. The molecule has 0 radical (unpaired) electrons. The number of benzene rings is 1. The Bertz CT molecular complexity index is 563. The van der Waals surface area contributed by atoms with E-state index in [0.717, 1.165) is 25.7 Å². The van der Waals surface area contributed by atoms with Crippen LogP contribution >= 0.6 is 0 Å². The van der Waals surface area contributed by atoms with Crippen molar-refractivity contribution in [3.63, 3.8) is 0 Å². The summed E-state index contributed by atoms with van der Waals surface area (Å²) in [6.45, 7) is 5.70. The van der Waals surface area contributed by atoms with E-state index in [9.17, 15) is 9.59 Å². The zero-order valence-electron chi connectivity index (χ0n) is 14.1. The van der Waals surface area contributed by atoms with Gasteiger partial charge in [-0.1, -0.05) is 25.0 Å². The van der Waals surface area contributed by atoms with Crippen molar-refractivity contribution in [3.8, 4) is 5.75 Å². The van der Waals surface area contributed by atoms with Crippen molar-refractivity contribution in [2.75, 3.05) is 11.9 Å². The van der Waals surface area contributed by atoms with Crippen LogP contribution in [0.1, 0.15) is 46.5 Å². The van der Waals surface area contributed by atoms with E-state index in [4.69, 9.17) is 4.74 Å². The van der Waals surface area contributed by atoms with Crippen LogP contribution in [0.4, 0.5) is 5.69 Å². The fraction of sp³-hybridized carbons (Fsp3) is 0.556. The highest BCUT2D eigenvalue weighted by atomic mass is 16.5. The Morgan fingerprint density at radius 3 is 2.48 bits per heavy atom. The molecule has 1 fully saturated rings. The lowest BCUT2D eigenvalue weighted by atomic mass is 9.90. The minimum absolute atomic E-state index is 0.199. The van der Waals surface area contributed by atoms with Gasteiger partial charge >= 0.3 is 0 Å². The Labute approximate surface area is 137 Å². The second-order valence-corrected chi connectivity index (χ2v) is 6.46. The molecular formula is C18H26N2O3. The van der Waals surface area contributed by atoms with Crippen LogP contribution in [0.25, 0.3) is 0 Å². The first-order valence-corrected chi connectivity index (χ1v) is 8.29. The van der Waals surface area contributed by atoms with E-state index in [1.54, 1.807) is 26.0 Å². The number of amides is 2. The van der Waals surface area contributed by atoms with Gasteiger partial charge in [0.05, 0.1) is 12.3 Å². The lowest BCUT2D eigenvalue weighted by molar-refractivity contribution is -0.138. The first kappa shape index (κ1) is 17.3. The van der Waals surface area contributed by atoms with Gasteiger partial charge in [-0.25, -0.2) is 0 Å². The van der Waals surface area contributed by atoms with Gasteiger partial charge in [0.15, 0.2) is 0 Å². The summed E-state index contributed by atoms with van der Waals surface area (Å²) in [5.41, 5.74) is -0.553. The van der Waals surface area contributed by atoms with Crippen molar-refractivity contribution in [1.29, 1.82) is 0 Å². The third kappa shape index (κ3) is 4.24. The van der Waals surface area contributed by atoms with Gasteiger partial charge in [-0.05, 0) is 45.7 Å². The van der Waals surface area contributed by atoms with Crippen LogP contribution in [0.2, 0.25) is 0 Å². The molecule has 2 amide bonds. The van der Waals surface area contributed by atoms with E-state index in [-0.39, 0.29) is 17.9 Å². The molecule has 1 aliphatic carbocycles. The van der Waals surface area contributed by atoms with E-state index >= 15 is 0 Å². The Morgan fingerprint density at radius 1 is 1.17 bits per heavy atom. The summed E-state index contributed by atoms with van der Waals surface area (Å²) in [5, 5.41) is 5.81. The van der Waals surface area contributed by atoms with E-state index in [0.29, 0.717) is 18.0 Å². The first-order chi connectivity index (χ1) is 10.9. The smallest absolute Gasteiger partial charge is 0.239 e. The molecule has 1 aromatic rings. The average molecular weight is 318 g/mol. The number of carbonyl (C=O) groups is 2. The quantitative estimate of drug-likeness (QED) is 0.792. The highest BCUT2D eigenvalue weighted by Gasteiger charge is 2.37. The number of nitrogens with one attached hydrogen (secondary N) is 2. The number of carbonyl (C=O) groups excluding carboxylic acids is 2. The number of ether oxygens (including phenoxy) is 1. The largest absolute Gasteiger partial charge is 0.492 e. The number of hydrogen-bond acceptors (Lipinski definition) is 3. The van der Waals surface area contributed by atoms with Gasteiger partial charge in [0.2, 0.25) is 11.8 Å². The second-order valence-electron chi connectivity index (χ2n) is 6.46. The molecule has 126 valence electrons. The Balaban J connectivity index is 2.04. The fourth-order valence-corrected chi connectivity index (χ4v) is 2.67. The van der Waals surface area contributed by atoms with Crippen LogP contribution < -0.4 is 15.4 Å². The van der Waals surface area contributed by atoms with Gasteiger partial charge in [-0.15, -0.1) is 0 Å². The van der Waals surface area contributed by atoms with Gasteiger partial charge in [-0.3, -0.25) is 9.59 Å². The molecule has 5 heteroatoms. The highest BCUT2D eigenvalue weighted by molar-refractivity contribution is 6.10. The van der Waals surface area contributed by atoms with E-state index in [1.165, 1.54) is 0 Å². The Morgan fingerprint density at radius 2 is 1.83 bits per heavy atom. The number of anilines is 1. The molecule has 0 aromatic heterocycles. The maximum Gasteiger partial charge on any atom is 0.239 e. The predicted octanol–water partition coefficient (Wildman–Crippen LogP) is 3.11. The van der Waals surface area contributed by atoms with E-state index in [2.05, 4.69) is 10.6 Å². The number of hydrogen-bond donors (Lipinski definition) is 2. The zero-order valence-corrected chi connectivity index (χ0v) is 14.1. The molecule has 0 bridgehead atoms. The molecule has 2 rings (SSSR count). The monoisotopic (exact) mass is 318 g/mol. The lowest BCUT2D eigenvalue weighted by Gasteiger charge is -2.25. The minimum atomic E-state index is -1.14. The van der Waals surface area contributed by atoms with Crippen molar-refractivity contribution < 1.29 is 14.3 Å². The van der Waals surface area contributed by atoms with Gasteiger partial charge in [-0.2, -0.15) is 0 Å². The average Bonchev–Trinajstić information content (AvgIpc) is 3.02. The van der Waals surface area contributed by atoms with Gasteiger partial charge in [0.25, 0.3) is 0 Å². The van der Waals surface area contributed by atoms with Crippen molar-refractivity contribution in [2.45, 2.75) is 52.5 Å². The molecule has 0 aliphatic heterocycles. The molecule has 23 heavy (non-hydrogen) atoms. The van der Waals surface area contributed by atoms with Gasteiger partial charge in [0.1, 0.15) is 11.2 Å². The van der Waals surface area contributed by atoms with Gasteiger partial charge < -0.3 is 15.4 Å². The van der Waals surface area contributed by atoms with E-state index in [1.807, 2.05) is 19.1 Å². The van der Waals surface area contributed by atoms with Crippen LogP contribution in [0.3, 0.4) is 0 Å². The number of rotatable bonds is 6. The van der Waals surface area contributed by atoms with Crippen molar-refractivity contribution in [3.05, 3.63) is 24.3 Å².